The van der Waals surface area contributed by atoms with E-state index in [1.165, 1.54) is 12.8 Å². The highest BCUT2D eigenvalue weighted by Gasteiger charge is 2.22. The van der Waals surface area contributed by atoms with Gasteiger partial charge >= 0.3 is 0 Å². The Morgan fingerprint density at radius 3 is 2.42 bits per heavy atom. The lowest BCUT2D eigenvalue weighted by atomic mass is 9.93. The second-order valence-electron chi connectivity index (χ2n) is 6.58. The van der Waals surface area contributed by atoms with Crippen molar-refractivity contribution in [2.75, 3.05) is 19.8 Å². The Morgan fingerprint density at radius 2 is 1.71 bits per heavy atom. The number of aliphatic hydroxyl groups is 2. The van der Waals surface area contributed by atoms with Crippen molar-refractivity contribution in [2.45, 2.75) is 44.6 Å². The molecule has 0 saturated carbocycles. The fourth-order valence-electron chi connectivity index (χ4n) is 2.66. The van der Waals surface area contributed by atoms with Crippen molar-refractivity contribution < 1.29 is 14.9 Å². The molecular formula is C20H29NO3. The molecule has 0 aliphatic carbocycles. The van der Waals surface area contributed by atoms with Crippen LogP contribution in [0.25, 0.3) is 10.8 Å². The maximum atomic E-state index is 9.27. The quantitative estimate of drug-likeness (QED) is 0.585. The number of aliphatic hydroxyl groups excluding tert-OH is 2. The van der Waals surface area contributed by atoms with Gasteiger partial charge in [-0.25, -0.2) is 0 Å². The van der Waals surface area contributed by atoms with Gasteiger partial charge in [-0.2, -0.15) is 0 Å². The van der Waals surface area contributed by atoms with Crippen LogP contribution < -0.4 is 10.5 Å². The van der Waals surface area contributed by atoms with E-state index >= 15 is 0 Å². The maximum absolute atomic E-state index is 9.27. The van der Waals surface area contributed by atoms with Crippen LogP contribution in [0.2, 0.25) is 0 Å². The number of hydrogen-bond acceptors (Lipinski definition) is 4. The van der Waals surface area contributed by atoms with Gasteiger partial charge in [-0.3, -0.25) is 0 Å². The summed E-state index contributed by atoms with van der Waals surface area (Å²) in [7, 11) is 0. The van der Waals surface area contributed by atoms with E-state index in [9.17, 15) is 10.2 Å². The van der Waals surface area contributed by atoms with Crippen LogP contribution in [-0.4, -0.2) is 35.6 Å². The molecule has 2 aromatic rings. The second-order valence-corrected chi connectivity index (χ2v) is 6.58. The molecule has 0 bridgehead atoms. The lowest BCUT2D eigenvalue weighted by Crippen LogP contribution is -2.47. The van der Waals surface area contributed by atoms with E-state index in [1.807, 2.05) is 6.07 Å². The Bertz CT molecular complexity index is 638. The zero-order valence-electron chi connectivity index (χ0n) is 14.5. The smallest absolute Gasteiger partial charge is 0.119 e. The van der Waals surface area contributed by atoms with E-state index in [1.54, 1.807) is 0 Å². The lowest BCUT2D eigenvalue weighted by Gasteiger charge is -2.24. The molecule has 0 radical (unpaired) electrons. The van der Waals surface area contributed by atoms with Crippen LogP contribution in [0, 0.1) is 0 Å². The van der Waals surface area contributed by atoms with E-state index < -0.39 is 5.54 Å². The average molecular weight is 331 g/mol. The molecule has 0 spiro atoms. The van der Waals surface area contributed by atoms with E-state index in [-0.39, 0.29) is 13.2 Å². The van der Waals surface area contributed by atoms with Crippen LogP contribution in [-0.2, 0) is 6.42 Å². The van der Waals surface area contributed by atoms with Crippen LogP contribution in [0.5, 0.6) is 5.75 Å². The van der Waals surface area contributed by atoms with Gasteiger partial charge in [0, 0.05) is 0 Å². The standard InChI is InChI=1S/C20H29NO3/c1-2-3-4-11-24-19-8-7-17-12-16(5-6-18(17)13-19)9-10-20(21,14-22)15-23/h5-8,12-13,22-23H,2-4,9-11,14-15,21H2,1H3. The van der Waals surface area contributed by atoms with Gasteiger partial charge in [0.2, 0.25) is 0 Å². The molecule has 0 aromatic heterocycles. The summed E-state index contributed by atoms with van der Waals surface area (Å²) in [5.74, 6) is 0.910. The van der Waals surface area contributed by atoms with Gasteiger partial charge in [-0.15, -0.1) is 0 Å². The van der Waals surface area contributed by atoms with Crippen LogP contribution in [0.15, 0.2) is 36.4 Å². The first-order valence-corrected chi connectivity index (χ1v) is 8.76. The largest absolute Gasteiger partial charge is 0.494 e. The molecule has 24 heavy (non-hydrogen) atoms. The Kier molecular flexibility index (Phi) is 7.03. The van der Waals surface area contributed by atoms with Crippen molar-refractivity contribution in [3.8, 4) is 5.75 Å². The zero-order valence-corrected chi connectivity index (χ0v) is 14.5. The first kappa shape index (κ1) is 18.7. The predicted molar refractivity (Wildman–Crippen MR) is 98.4 cm³/mol. The molecule has 132 valence electrons. The van der Waals surface area contributed by atoms with Gasteiger partial charge < -0.3 is 20.7 Å². The minimum Gasteiger partial charge on any atom is -0.494 e. The number of nitrogens with two attached hydrogens (primary N) is 1. The normalized spacial score (nSPS) is 11.8. The molecule has 0 aliphatic rings. The minimum absolute atomic E-state index is 0.212. The highest BCUT2D eigenvalue weighted by molar-refractivity contribution is 5.84. The molecule has 0 heterocycles. The third-order valence-electron chi connectivity index (χ3n) is 4.43. The third-order valence-corrected chi connectivity index (χ3v) is 4.43. The van der Waals surface area contributed by atoms with Crippen molar-refractivity contribution in [2.24, 2.45) is 5.73 Å². The topological polar surface area (TPSA) is 75.7 Å². The van der Waals surface area contributed by atoms with Crippen molar-refractivity contribution in [3.05, 3.63) is 42.0 Å². The number of hydrogen-bond donors (Lipinski definition) is 3. The van der Waals surface area contributed by atoms with Crippen LogP contribution in [0.4, 0.5) is 0 Å². The van der Waals surface area contributed by atoms with Crippen molar-refractivity contribution in [1.82, 2.24) is 0 Å². The van der Waals surface area contributed by atoms with Gasteiger partial charge in [-0.1, -0.05) is 44.0 Å². The first-order valence-electron chi connectivity index (χ1n) is 8.76. The summed E-state index contributed by atoms with van der Waals surface area (Å²) in [5.41, 5.74) is 6.17. The fraction of sp³-hybridized carbons (Fsp3) is 0.500. The first-order chi connectivity index (χ1) is 11.6. The van der Waals surface area contributed by atoms with Crippen LogP contribution in [0.1, 0.15) is 38.2 Å². The van der Waals surface area contributed by atoms with Gasteiger partial charge in [0.25, 0.3) is 0 Å². The Labute approximate surface area is 144 Å². The van der Waals surface area contributed by atoms with E-state index in [4.69, 9.17) is 10.5 Å². The van der Waals surface area contributed by atoms with E-state index in [0.29, 0.717) is 6.42 Å². The molecular weight excluding hydrogens is 302 g/mol. The Morgan fingerprint density at radius 1 is 1.00 bits per heavy atom. The summed E-state index contributed by atoms with van der Waals surface area (Å²) in [6.07, 6.45) is 4.75. The summed E-state index contributed by atoms with van der Waals surface area (Å²) in [4.78, 5) is 0. The van der Waals surface area contributed by atoms with Gasteiger partial charge in [-0.05, 0) is 47.7 Å². The molecule has 2 aromatic carbocycles. The SMILES string of the molecule is CCCCCOc1ccc2cc(CCC(N)(CO)CO)ccc2c1. The summed E-state index contributed by atoms with van der Waals surface area (Å²) in [6, 6.07) is 12.4. The summed E-state index contributed by atoms with van der Waals surface area (Å²) in [6.45, 7) is 2.52. The molecule has 0 aliphatic heterocycles. The highest BCUT2D eigenvalue weighted by Crippen LogP contribution is 2.23. The Balaban J connectivity index is 2.01. The number of benzene rings is 2. The molecule has 2 rings (SSSR count). The number of unbranched alkanes of at least 4 members (excludes halogenated alkanes) is 2. The third kappa shape index (κ3) is 5.20. The van der Waals surface area contributed by atoms with Gasteiger partial charge in [0.05, 0.1) is 25.4 Å². The molecule has 4 heteroatoms. The molecule has 4 N–H and O–H groups in total. The number of fused-ring (bicyclic) bond motifs is 1. The Hall–Kier alpha value is -1.62. The highest BCUT2D eigenvalue weighted by atomic mass is 16.5. The molecule has 0 unspecified atom stereocenters. The molecule has 0 atom stereocenters. The fourth-order valence-corrected chi connectivity index (χ4v) is 2.66. The average Bonchev–Trinajstić information content (AvgIpc) is 2.63. The zero-order chi connectivity index (χ0) is 17.4. The van der Waals surface area contributed by atoms with Crippen LogP contribution >= 0.6 is 0 Å². The maximum Gasteiger partial charge on any atom is 0.119 e. The molecule has 0 amide bonds. The molecule has 0 fully saturated rings. The van der Waals surface area contributed by atoms with Gasteiger partial charge in [0.15, 0.2) is 0 Å². The summed E-state index contributed by atoms with van der Waals surface area (Å²) < 4.78 is 5.80. The predicted octanol–water partition coefficient (Wildman–Crippen LogP) is 3.02. The number of ether oxygens (including phenoxy) is 1. The summed E-state index contributed by atoms with van der Waals surface area (Å²) >= 11 is 0. The van der Waals surface area contributed by atoms with Gasteiger partial charge in [0.1, 0.15) is 5.75 Å². The lowest BCUT2D eigenvalue weighted by molar-refractivity contribution is 0.115. The van der Waals surface area contributed by atoms with E-state index in [0.717, 1.165) is 41.5 Å². The number of rotatable bonds is 10. The van der Waals surface area contributed by atoms with Crippen LogP contribution in [0.3, 0.4) is 0 Å². The van der Waals surface area contributed by atoms with Crippen molar-refractivity contribution in [3.63, 3.8) is 0 Å². The van der Waals surface area contributed by atoms with Crippen molar-refractivity contribution in [1.29, 1.82) is 0 Å². The second kappa shape index (κ2) is 9.02. The van der Waals surface area contributed by atoms with Crippen molar-refractivity contribution >= 4 is 10.8 Å². The minimum atomic E-state index is -0.912. The van der Waals surface area contributed by atoms with E-state index in [2.05, 4.69) is 37.3 Å². The molecule has 0 saturated heterocycles. The molecule has 4 nitrogen and oxygen atoms in total. The monoisotopic (exact) mass is 331 g/mol. The summed E-state index contributed by atoms with van der Waals surface area (Å²) in [5, 5.41) is 20.8. The number of aryl methyl sites for hydroxylation is 1.